The summed E-state index contributed by atoms with van der Waals surface area (Å²) in [6.07, 6.45) is 6.91. The van der Waals surface area contributed by atoms with Crippen molar-refractivity contribution in [3.63, 3.8) is 0 Å². The fourth-order valence-corrected chi connectivity index (χ4v) is 3.05. The van der Waals surface area contributed by atoms with E-state index in [1.54, 1.807) is 11.3 Å². The predicted octanol–water partition coefficient (Wildman–Crippen LogP) is 2.45. The van der Waals surface area contributed by atoms with Crippen molar-refractivity contribution >= 4 is 11.3 Å². The highest BCUT2D eigenvalue weighted by Crippen LogP contribution is 2.30. The third kappa shape index (κ3) is 2.34. The standard InChI is InChI=1S/C11H18N2S/c1-8-2-3-11(12)9(4-8)5-10-6-13-7-14-10/h6-9,11H,2-5,12H2,1H3. The smallest absolute Gasteiger partial charge is 0.0794 e. The molecule has 0 bridgehead atoms. The number of nitrogens with two attached hydrogens (primary N) is 1. The molecule has 2 nitrogen and oxygen atoms in total. The van der Waals surface area contributed by atoms with E-state index in [9.17, 15) is 0 Å². The van der Waals surface area contributed by atoms with E-state index >= 15 is 0 Å². The Bertz CT molecular complexity index is 271. The highest BCUT2D eigenvalue weighted by molar-refractivity contribution is 7.09. The van der Waals surface area contributed by atoms with Gasteiger partial charge in [-0.2, -0.15) is 0 Å². The summed E-state index contributed by atoms with van der Waals surface area (Å²) in [6, 6.07) is 0.410. The maximum absolute atomic E-state index is 6.14. The Hall–Kier alpha value is -0.410. The maximum Gasteiger partial charge on any atom is 0.0794 e. The van der Waals surface area contributed by atoms with Gasteiger partial charge in [0.05, 0.1) is 5.51 Å². The molecule has 3 heteroatoms. The molecule has 1 aliphatic carbocycles. The second-order valence-corrected chi connectivity index (χ2v) is 5.48. The number of rotatable bonds is 2. The number of hydrogen-bond acceptors (Lipinski definition) is 3. The Balaban J connectivity index is 1.95. The molecule has 1 saturated carbocycles. The average Bonchev–Trinajstić information content (AvgIpc) is 2.64. The molecule has 0 aromatic carbocycles. The first-order valence-corrected chi connectivity index (χ1v) is 6.26. The van der Waals surface area contributed by atoms with Crippen LogP contribution in [0.4, 0.5) is 0 Å². The van der Waals surface area contributed by atoms with Crippen LogP contribution < -0.4 is 5.73 Å². The quantitative estimate of drug-likeness (QED) is 0.814. The molecule has 2 N–H and O–H groups in total. The average molecular weight is 210 g/mol. The summed E-state index contributed by atoms with van der Waals surface area (Å²) in [5, 5.41) is 0. The lowest BCUT2D eigenvalue weighted by Crippen LogP contribution is -2.36. The Kier molecular flexibility index (Phi) is 3.19. The first-order valence-electron chi connectivity index (χ1n) is 5.38. The highest BCUT2D eigenvalue weighted by Gasteiger charge is 2.26. The Morgan fingerprint density at radius 3 is 3.14 bits per heavy atom. The first kappa shape index (κ1) is 10.1. The van der Waals surface area contributed by atoms with E-state index in [4.69, 9.17) is 5.73 Å². The Morgan fingerprint density at radius 1 is 1.57 bits per heavy atom. The molecule has 0 spiro atoms. The fraction of sp³-hybridized carbons (Fsp3) is 0.727. The summed E-state index contributed by atoms with van der Waals surface area (Å²) >= 11 is 1.75. The summed E-state index contributed by atoms with van der Waals surface area (Å²) in [7, 11) is 0. The fourth-order valence-electron chi connectivity index (χ4n) is 2.36. The summed E-state index contributed by atoms with van der Waals surface area (Å²) < 4.78 is 0. The van der Waals surface area contributed by atoms with Crippen LogP contribution in [0.15, 0.2) is 11.7 Å². The van der Waals surface area contributed by atoms with Crippen LogP contribution in [0, 0.1) is 11.8 Å². The van der Waals surface area contributed by atoms with Gasteiger partial charge >= 0.3 is 0 Å². The van der Waals surface area contributed by atoms with E-state index in [1.807, 2.05) is 11.7 Å². The van der Waals surface area contributed by atoms with E-state index < -0.39 is 0 Å². The molecule has 78 valence electrons. The van der Waals surface area contributed by atoms with Gasteiger partial charge in [0.1, 0.15) is 0 Å². The van der Waals surface area contributed by atoms with Crippen molar-refractivity contribution in [3.8, 4) is 0 Å². The van der Waals surface area contributed by atoms with Gasteiger partial charge in [0, 0.05) is 17.1 Å². The van der Waals surface area contributed by atoms with Gasteiger partial charge in [0.15, 0.2) is 0 Å². The summed E-state index contributed by atoms with van der Waals surface area (Å²) in [6.45, 7) is 2.34. The highest BCUT2D eigenvalue weighted by atomic mass is 32.1. The van der Waals surface area contributed by atoms with Crippen molar-refractivity contribution in [2.24, 2.45) is 17.6 Å². The van der Waals surface area contributed by atoms with E-state index in [-0.39, 0.29) is 0 Å². The van der Waals surface area contributed by atoms with Crippen molar-refractivity contribution in [2.45, 2.75) is 38.6 Å². The topological polar surface area (TPSA) is 38.9 Å². The summed E-state index contributed by atoms with van der Waals surface area (Å²) in [5.41, 5.74) is 8.05. The largest absolute Gasteiger partial charge is 0.327 e. The van der Waals surface area contributed by atoms with Gasteiger partial charge in [-0.15, -0.1) is 11.3 Å². The molecule has 1 heterocycles. The SMILES string of the molecule is CC1CCC(N)C(Cc2cncs2)C1. The number of thiazole rings is 1. The van der Waals surface area contributed by atoms with Gasteiger partial charge in [-0.05, 0) is 37.5 Å². The van der Waals surface area contributed by atoms with Crippen LogP contribution in [0.2, 0.25) is 0 Å². The minimum absolute atomic E-state index is 0.410. The molecule has 14 heavy (non-hydrogen) atoms. The molecule has 1 aromatic heterocycles. The summed E-state index contributed by atoms with van der Waals surface area (Å²) in [4.78, 5) is 5.50. The second-order valence-electron chi connectivity index (χ2n) is 4.51. The van der Waals surface area contributed by atoms with Gasteiger partial charge in [0.25, 0.3) is 0 Å². The van der Waals surface area contributed by atoms with Gasteiger partial charge in [-0.3, -0.25) is 4.98 Å². The third-order valence-electron chi connectivity index (χ3n) is 3.25. The molecule has 0 saturated heterocycles. The molecule has 3 atom stereocenters. The van der Waals surface area contributed by atoms with Crippen LogP contribution in [-0.4, -0.2) is 11.0 Å². The van der Waals surface area contributed by atoms with Crippen molar-refractivity contribution in [1.29, 1.82) is 0 Å². The van der Waals surface area contributed by atoms with Crippen LogP contribution in [0.25, 0.3) is 0 Å². The van der Waals surface area contributed by atoms with E-state index in [0.29, 0.717) is 12.0 Å². The molecule has 3 unspecified atom stereocenters. The lowest BCUT2D eigenvalue weighted by molar-refractivity contribution is 0.245. The number of aromatic nitrogens is 1. The van der Waals surface area contributed by atoms with Crippen molar-refractivity contribution in [2.75, 3.05) is 0 Å². The number of hydrogen-bond donors (Lipinski definition) is 1. The minimum Gasteiger partial charge on any atom is -0.327 e. The van der Waals surface area contributed by atoms with Crippen LogP contribution in [0.5, 0.6) is 0 Å². The van der Waals surface area contributed by atoms with Gasteiger partial charge in [-0.25, -0.2) is 0 Å². The summed E-state index contributed by atoms with van der Waals surface area (Å²) in [5.74, 6) is 1.53. The zero-order chi connectivity index (χ0) is 9.97. The van der Waals surface area contributed by atoms with Gasteiger partial charge in [-0.1, -0.05) is 6.92 Å². The molecule has 0 radical (unpaired) electrons. The monoisotopic (exact) mass is 210 g/mol. The second kappa shape index (κ2) is 4.41. The molecular formula is C11H18N2S. The van der Waals surface area contributed by atoms with E-state index in [2.05, 4.69) is 11.9 Å². The normalized spacial score (nSPS) is 33.1. The van der Waals surface area contributed by atoms with Gasteiger partial charge < -0.3 is 5.73 Å². The van der Waals surface area contributed by atoms with Gasteiger partial charge in [0.2, 0.25) is 0 Å². The molecule has 0 amide bonds. The lowest BCUT2D eigenvalue weighted by Gasteiger charge is -2.32. The molecule has 1 fully saturated rings. The third-order valence-corrected chi connectivity index (χ3v) is 4.05. The Morgan fingerprint density at radius 2 is 2.43 bits per heavy atom. The van der Waals surface area contributed by atoms with E-state index in [1.165, 1.54) is 24.1 Å². The zero-order valence-electron chi connectivity index (χ0n) is 8.65. The van der Waals surface area contributed by atoms with Crippen molar-refractivity contribution in [3.05, 3.63) is 16.6 Å². The van der Waals surface area contributed by atoms with Crippen LogP contribution in [-0.2, 0) is 6.42 Å². The number of nitrogens with zero attached hydrogens (tertiary/aromatic N) is 1. The van der Waals surface area contributed by atoms with E-state index in [0.717, 1.165) is 12.3 Å². The molecule has 2 rings (SSSR count). The molecular weight excluding hydrogens is 192 g/mol. The van der Waals surface area contributed by atoms with Crippen LogP contribution >= 0.6 is 11.3 Å². The van der Waals surface area contributed by atoms with Crippen LogP contribution in [0.1, 0.15) is 31.1 Å². The molecule has 0 aliphatic heterocycles. The maximum atomic E-state index is 6.14. The molecule has 1 aliphatic rings. The lowest BCUT2D eigenvalue weighted by atomic mass is 9.77. The minimum atomic E-state index is 0.410. The first-order chi connectivity index (χ1) is 6.75. The molecule has 1 aromatic rings. The predicted molar refractivity (Wildman–Crippen MR) is 60.3 cm³/mol. The van der Waals surface area contributed by atoms with Crippen LogP contribution in [0.3, 0.4) is 0 Å². The Labute approximate surface area is 89.5 Å². The van der Waals surface area contributed by atoms with Crippen molar-refractivity contribution < 1.29 is 0 Å². The van der Waals surface area contributed by atoms with Crippen molar-refractivity contribution in [1.82, 2.24) is 4.98 Å². The zero-order valence-corrected chi connectivity index (χ0v) is 9.46.